The number of amides is 1. The van der Waals surface area contributed by atoms with E-state index in [1.807, 2.05) is 48.5 Å². The summed E-state index contributed by atoms with van der Waals surface area (Å²) < 4.78 is 11.1. The SMILES string of the molecule is O=C(COc1cccc(Cl)c1Cl)NN=Cc1ccc(OCc2ccc(Cl)cc2)cc1. The predicted molar refractivity (Wildman–Crippen MR) is 120 cm³/mol. The minimum atomic E-state index is -0.426. The van der Waals surface area contributed by atoms with Crippen molar-refractivity contribution in [2.75, 3.05) is 6.61 Å². The van der Waals surface area contributed by atoms with Crippen molar-refractivity contribution in [1.29, 1.82) is 0 Å². The van der Waals surface area contributed by atoms with Crippen LogP contribution in [-0.2, 0) is 11.4 Å². The van der Waals surface area contributed by atoms with Crippen molar-refractivity contribution >= 4 is 46.9 Å². The van der Waals surface area contributed by atoms with E-state index in [9.17, 15) is 4.79 Å². The Balaban J connectivity index is 1.43. The Labute approximate surface area is 189 Å². The standard InChI is InChI=1S/C22H17Cl3N2O3/c23-17-8-4-16(5-9-17)13-29-18-10-6-15(7-11-18)12-26-27-21(28)14-30-20-3-1-2-19(24)22(20)25/h1-12H,13-14H2,(H,27,28). The third kappa shape index (κ3) is 6.66. The Morgan fingerprint density at radius 1 is 0.933 bits per heavy atom. The van der Waals surface area contributed by atoms with Crippen molar-refractivity contribution in [3.63, 3.8) is 0 Å². The minimum absolute atomic E-state index is 0.241. The van der Waals surface area contributed by atoms with E-state index in [1.54, 1.807) is 18.2 Å². The summed E-state index contributed by atoms with van der Waals surface area (Å²) in [5.74, 6) is 0.626. The lowest BCUT2D eigenvalue weighted by Crippen LogP contribution is -2.24. The Bertz CT molecular complexity index is 1020. The van der Waals surface area contributed by atoms with Crippen LogP contribution in [0.15, 0.2) is 71.8 Å². The normalized spacial score (nSPS) is 10.8. The van der Waals surface area contributed by atoms with Gasteiger partial charge in [-0.1, -0.05) is 53.0 Å². The molecule has 0 heterocycles. The van der Waals surface area contributed by atoms with Crippen molar-refractivity contribution in [1.82, 2.24) is 5.43 Å². The van der Waals surface area contributed by atoms with Gasteiger partial charge in [-0.2, -0.15) is 5.10 Å². The van der Waals surface area contributed by atoms with E-state index in [1.165, 1.54) is 6.21 Å². The minimum Gasteiger partial charge on any atom is -0.489 e. The van der Waals surface area contributed by atoms with Gasteiger partial charge in [0.1, 0.15) is 23.1 Å². The van der Waals surface area contributed by atoms with Crippen molar-refractivity contribution in [2.24, 2.45) is 5.10 Å². The molecule has 1 amide bonds. The maximum absolute atomic E-state index is 11.8. The topological polar surface area (TPSA) is 59.9 Å². The molecule has 3 aromatic rings. The quantitative estimate of drug-likeness (QED) is 0.341. The average molecular weight is 464 g/mol. The highest BCUT2D eigenvalue weighted by Gasteiger charge is 2.07. The number of nitrogens with zero attached hydrogens (tertiary/aromatic N) is 1. The first kappa shape index (κ1) is 22.0. The molecule has 0 aliphatic heterocycles. The van der Waals surface area contributed by atoms with Crippen LogP contribution in [0.1, 0.15) is 11.1 Å². The van der Waals surface area contributed by atoms with E-state index in [4.69, 9.17) is 44.3 Å². The van der Waals surface area contributed by atoms with Crippen LogP contribution in [0.25, 0.3) is 0 Å². The first-order chi connectivity index (χ1) is 14.5. The number of benzene rings is 3. The molecule has 3 rings (SSSR count). The summed E-state index contributed by atoms with van der Waals surface area (Å²) >= 11 is 17.8. The summed E-state index contributed by atoms with van der Waals surface area (Å²) in [6.45, 7) is 0.201. The van der Waals surface area contributed by atoms with E-state index < -0.39 is 5.91 Å². The molecule has 154 valence electrons. The Morgan fingerprint density at radius 2 is 1.67 bits per heavy atom. The fraction of sp³-hybridized carbons (Fsp3) is 0.0909. The zero-order valence-corrected chi connectivity index (χ0v) is 17.9. The molecule has 5 nitrogen and oxygen atoms in total. The average Bonchev–Trinajstić information content (AvgIpc) is 2.75. The van der Waals surface area contributed by atoms with Gasteiger partial charge in [0, 0.05) is 5.02 Å². The molecule has 0 fully saturated rings. The van der Waals surface area contributed by atoms with Crippen molar-refractivity contribution in [3.8, 4) is 11.5 Å². The molecule has 0 saturated heterocycles. The smallest absolute Gasteiger partial charge is 0.277 e. The highest BCUT2D eigenvalue weighted by Crippen LogP contribution is 2.31. The third-order valence-corrected chi connectivity index (χ3v) is 4.93. The molecule has 0 bridgehead atoms. The van der Waals surface area contributed by atoms with Gasteiger partial charge in [-0.3, -0.25) is 4.79 Å². The van der Waals surface area contributed by atoms with Crippen LogP contribution in [0.5, 0.6) is 11.5 Å². The second-order valence-corrected chi connectivity index (χ2v) is 7.34. The number of carbonyl (C=O) groups is 1. The van der Waals surface area contributed by atoms with Crippen molar-refractivity contribution in [3.05, 3.63) is 92.9 Å². The van der Waals surface area contributed by atoms with Crippen LogP contribution in [0.4, 0.5) is 0 Å². The second-order valence-electron chi connectivity index (χ2n) is 6.12. The lowest BCUT2D eigenvalue weighted by molar-refractivity contribution is -0.123. The number of hydrogen-bond donors (Lipinski definition) is 1. The van der Waals surface area contributed by atoms with E-state index in [0.717, 1.165) is 16.9 Å². The maximum atomic E-state index is 11.8. The van der Waals surface area contributed by atoms with Gasteiger partial charge in [0.15, 0.2) is 6.61 Å². The third-order valence-electron chi connectivity index (χ3n) is 3.88. The zero-order valence-electron chi connectivity index (χ0n) is 15.6. The van der Waals surface area contributed by atoms with Crippen molar-refractivity contribution < 1.29 is 14.3 Å². The zero-order chi connectivity index (χ0) is 21.3. The summed E-state index contributed by atoms with van der Waals surface area (Å²) in [5, 5.41) is 5.21. The number of hydrogen-bond acceptors (Lipinski definition) is 4. The molecule has 0 unspecified atom stereocenters. The molecular formula is C22H17Cl3N2O3. The predicted octanol–water partition coefficient (Wildman–Crippen LogP) is 5.75. The van der Waals surface area contributed by atoms with Crippen LogP contribution in [0.2, 0.25) is 15.1 Å². The number of ether oxygens (including phenoxy) is 2. The first-order valence-electron chi connectivity index (χ1n) is 8.87. The van der Waals surface area contributed by atoms with Gasteiger partial charge in [-0.25, -0.2) is 5.43 Å². The van der Waals surface area contributed by atoms with E-state index in [2.05, 4.69) is 10.5 Å². The van der Waals surface area contributed by atoms with Gasteiger partial charge in [0.25, 0.3) is 5.91 Å². The van der Waals surface area contributed by atoms with E-state index in [0.29, 0.717) is 22.4 Å². The number of halogens is 3. The second kappa shape index (κ2) is 10.9. The molecule has 0 spiro atoms. The van der Waals surface area contributed by atoms with Crippen LogP contribution in [0.3, 0.4) is 0 Å². The highest BCUT2D eigenvalue weighted by atomic mass is 35.5. The molecular weight excluding hydrogens is 447 g/mol. The summed E-state index contributed by atoms with van der Waals surface area (Å²) in [6, 6.07) is 19.7. The molecule has 3 aromatic carbocycles. The molecule has 0 aromatic heterocycles. The lowest BCUT2D eigenvalue weighted by Gasteiger charge is -2.07. The van der Waals surface area contributed by atoms with Gasteiger partial charge in [0.05, 0.1) is 11.2 Å². The van der Waals surface area contributed by atoms with Gasteiger partial charge in [-0.15, -0.1) is 0 Å². The van der Waals surface area contributed by atoms with Gasteiger partial charge in [0.2, 0.25) is 0 Å². The monoisotopic (exact) mass is 462 g/mol. The van der Waals surface area contributed by atoms with Crippen LogP contribution >= 0.6 is 34.8 Å². The largest absolute Gasteiger partial charge is 0.489 e. The Hall–Kier alpha value is -2.73. The highest BCUT2D eigenvalue weighted by molar-refractivity contribution is 6.42. The van der Waals surface area contributed by atoms with E-state index in [-0.39, 0.29) is 11.6 Å². The van der Waals surface area contributed by atoms with Crippen LogP contribution in [0, 0.1) is 0 Å². The first-order valence-corrected chi connectivity index (χ1v) is 10.0. The Morgan fingerprint density at radius 3 is 2.40 bits per heavy atom. The Kier molecular flexibility index (Phi) is 7.97. The number of rotatable bonds is 8. The number of nitrogens with one attached hydrogen (secondary N) is 1. The summed E-state index contributed by atoms with van der Waals surface area (Å²) in [4.78, 5) is 11.8. The number of hydrazone groups is 1. The summed E-state index contributed by atoms with van der Waals surface area (Å²) in [5.41, 5.74) is 4.21. The lowest BCUT2D eigenvalue weighted by atomic mass is 10.2. The molecule has 0 atom stereocenters. The summed E-state index contributed by atoms with van der Waals surface area (Å²) in [7, 11) is 0. The van der Waals surface area contributed by atoms with Crippen LogP contribution < -0.4 is 14.9 Å². The maximum Gasteiger partial charge on any atom is 0.277 e. The molecule has 0 aliphatic carbocycles. The molecule has 8 heteroatoms. The summed E-state index contributed by atoms with van der Waals surface area (Å²) in [6.07, 6.45) is 1.52. The number of carbonyl (C=O) groups excluding carboxylic acids is 1. The van der Waals surface area contributed by atoms with Crippen LogP contribution in [-0.4, -0.2) is 18.7 Å². The molecule has 1 N–H and O–H groups in total. The molecule has 30 heavy (non-hydrogen) atoms. The van der Waals surface area contributed by atoms with Gasteiger partial charge >= 0.3 is 0 Å². The molecule has 0 radical (unpaired) electrons. The van der Waals surface area contributed by atoms with E-state index >= 15 is 0 Å². The molecule has 0 saturated carbocycles. The van der Waals surface area contributed by atoms with Gasteiger partial charge < -0.3 is 9.47 Å². The van der Waals surface area contributed by atoms with Gasteiger partial charge in [-0.05, 0) is 59.7 Å². The molecule has 0 aliphatic rings. The fourth-order valence-electron chi connectivity index (χ4n) is 2.35. The fourth-order valence-corrected chi connectivity index (χ4v) is 2.82. The van der Waals surface area contributed by atoms with Crippen molar-refractivity contribution in [2.45, 2.75) is 6.61 Å².